The second kappa shape index (κ2) is 3.96. The monoisotopic (exact) mass is 232 g/mol. The number of nitrogens with zero attached hydrogens (tertiary/aromatic N) is 1. The van der Waals surface area contributed by atoms with Gasteiger partial charge in [0.15, 0.2) is 0 Å². The Balaban J connectivity index is 1.97. The van der Waals surface area contributed by atoms with Gasteiger partial charge in [-0.05, 0) is 43.0 Å². The van der Waals surface area contributed by atoms with E-state index in [2.05, 4.69) is 10.2 Å². The van der Waals surface area contributed by atoms with Gasteiger partial charge in [-0.15, -0.1) is 0 Å². The maximum Gasteiger partial charge on any atom is 0.123 e. The maximum atomic E-state index is 12.9. The van der Waals surface area contributed by atoms with E-state index < -0.39 is 6.10 Å². The zero-order valence-corrected chi connectivity index (χ0v) is 9.23. The van der Waals surface area contributed by atoms with Crippen LogP contribution >= 0.6 is 0 Å². The van der Waals surface area contributed by atoms with Gasteiger partial charge in [-0.3, -0.25) is 5.10 Å². The van der Waals surface area contributed by atoms with Crippen LogP contribution in [0.2, 0.25) is 0 Å². The van der Waals surface area contributed by atoms with Crippen LogP contribution in [0.5, 0.6) is 0 Å². The number of aliphatic hydroxyl groups excluding tert-OH is 1. The summed E-state index contributed by atoms with van der Waals surface area (Å²) in [7, 11) is 0. The van der Waals surface area contributed by atoms with Crippen LogP contribution < -0.4 is 0 Å². The smallest absolute Gasteiger partial charge is 0.123 e. The first-order valence-electron chi connectivity index (χ1n) is 5.73. The van der Waals surface area contributed by atoms with E-state index in [4.69, 9.17) is 0 Å². The van der Waals surface area contributed by atoms with Crippen molar-refractivity contribution in [2.24, 2.45) is 5.92 Å². The third-order valence-electron chi connectivity index (χ3n) is 3.19. The largest absolute Gasteiger partial charge is 0.388 e. The molecular weight excluding hydrogens is 219 g/mol. The highest BCUT2D eigenvalue weighted by atomic mass is 19.1. The summed E-state index contributed by atoms with van der Waals surface area (Å²) in [6.45, 7) is 0. The Morgan fingerprint density at radius 2 is 2.00 bits per heavy atom. The van der Waals surface area contributed by atoms with Crippen LogP contribution in [0.25, 0.3) is 11.3 Å². The minimum atomic E-state index is -0.464. The molecule has 0 radical (unpaired) electrons. The quantitative estimate of drug-likeness (QED) is 0.854. The van der Waals surface area contributed by atoms with Crippen molar-refractivity contribution in [2.45, 2.75) is 18.9 Å². The fourth-order valence-electron chi connectivity index (χ4n) is 2.03. The van der Waals surface area contributed by atoms with Crippen LogP contribution in [0, 0.1) is 11.7 Å². The molecule has 0 aliphatic heterocycles. The average Bonchev–Trinajstić information content (AvgIpc) is 3.07. The molecule has 0 bridgehead atoms. The Morgan fingerprint density at radius 3 is 2.65 bits per heavy atom. The first kappa shape index (κ1) is 10.5. The van der Waals surface area contributed by atoms with E-state index in [1.54, 1.807) is 18.3 Å². The SMILES string of the molecule is OC(c1cn[nH]c1-c1ccc(F)cc1)C1CC1. The molecule has 0 amide bonds. The summed E-state index contributed by atoms with van der Waals surface area (Å²) in [4.78, 5) is 0. The fraction of sp³-hybridized carbons (Fsp3) is 0.308. The van der Waals surface area contributed by atoms with Gasteiger partial charge in [-0.1, -0.05) is 0 Å². The number of hydrogen-bond donors (Lipinski definition) is 2. The van der Waals surface area contributed by atoms with Gasteiger partial charge in [0.25, 0.3) is 0 Å². The lowest BCUT2D eigenvalue weighted by molar-refractivity contribution is 0.154. The Bertz CT molecular complexity index is 516. The van der Waals surface area contributed by atoms with Crippen molar-refractivity contribution in [3.05, 3.63) is 41.8 Å². The number of aromatic nitrogens is 2. The summed E-state index contributed by atoms with van der Waals surface area (Å²) in [6, 6.07) is 6.19. The molecule has 1 saturated carbocycles. The fourth-order valence-corrected chi connectivity index (χ4v) is 2.03. The molecule has 0 saturated heterocycles. The molecule has 1 atom stereocenters. The summed E-state index contributed by atoms with van der Waals surface area (Å²) in [5.41, 5.74) is 2.43. The standard InChI is InChI=1S/C13H13FN2O/c14-10-5-3-8(4-6-10)12-11(7-15-16-12)13(17)9-1-2-9/h3-7,9,13,17H,1-2H2,(H,15,16). The summed E-state index contributed by atoms with van der Waals surface area (Å²) in [5, 5.41) is 17.0. The molecule has 1 unspecified atom stereocenters. The summed E-state index contributed by atoms with van der Waals surface area (Å²) in [5.74, 6) is 0.0874. The first-order chi connectivity index (χ1) is 8.25. The van der Waals surface area contributed by atoms with Crippen LogP contribution in [0.4, 0.5) is 4.39 Å². The van der Waals surface area contributed by atoms with Crippen LogP contribution in [0.1, 0.15) is 24.5 Å². The average molecular weight is 232 g/mol. The van der Waals surface area contributed by atoms with E-state index in [9.17, 15) is 9.50 Å². The van der Waals surface area contributed by atoms with Crippen LogP contribution in [0.3, 0.4) is 0 Å². The topological polar surface area (TPSA) is 48.9 Å². The molecule has 1 heterocycles. The maximum absolute atomic E-state index is 12.9. The van der Waals surface area contributed by atoms with Crippen molar-refractivity contribution in [1.29, 1.82) is 0 Å². The van der Waals surface area contributed by atoms with E-state index in [0.29, 0.717) is 5.92 Å². The molecule has 88 valence electrons. The molecule has 3 nitrogen and oxygen atoms in total. The van der Waals surface area contributed by atoms with Crippen molar-refractivity contribution in [2.75, 3.05) is 0 Å². The van der Waals surface area contributed by atoms with Gasteiger partial charge >= 0.3 is 0 Å². The number of aliphatic hydroxyl groups is 1. The van der Waals surface area contributed by atoms with Gasteiger partial charge in [-0.25, -0.2) is 4.39 Å². The molecule has 1 aromatic carbocycles. The number of halogens is 1. The minimum absolute atomic E-state index is 0.266. The number of benzene rings is 1. The Labute approximate surface area is 98.3 Å². The van der Waals surface area contributed by atoms with E-state index in [0.717, 1.165) is 29.7 Å². The number of H-pyrrole nitrogens is 1. The zero-order valence-electron chi connectivity index (χ0n) is 9.23. The summed E-state index contributed by atoms with van der Waals surface area (Å²) < 4.78 is 12.9. The number of aromatic amines is 1. The highest BCUT2D eigenvalue weighted by molar-refractivity contribution is 5.63. The van der Waals surface area contributed by atoms with Gasteiger partial charge in [0, 0.05) is 11.1 Å². The van der Waals surface area contributed by atoms with Crippen LogP contribution in [-0.2, 0) is 0 Å². The molecule has 17 heavy (non-hydrogen) atoms. The van der Waals surface area contributed by atoms with Crippen molar-refractivity contribution in [3.8, 4) is 11.3 Å². The lowest BCUT2D eigenvalue weighted by Gasteiger charge is -2.09. The predicted molar refractivity (Wildman–Crippen MR) is 61.7 cm³/mol. The predicted octanol–water partition coefficient (Wildman–Crippen LogP) is 2.66. The van der Waals surface area contributed by atoms with Gasteiger partial charge in [0.2, 0.25) is 0 Å². The highest BCUT2D eigenvalue weighted by Gasteiger charge is 2.32. The molecule has 1 fully saturated rings. The molecule has 1 aliphatic carbocycles. The first-order valence-corrected chi connectivity index (χ1v) is 5.73. The van der Waals surface area contributed by atoms with Crippen LogP contribution in [-0.4, -0.2) is 15.3 Å². The molecule has 3 rings (SSSR count). The van der Waals surface area contributed by atoms with E-state index in [1.807, 2.05) is 0 Å². The Hall–Kier alpha value is -1.68. The van der Waals surface area contributed by atoms with E-state index >= 15 is 0 Å². The van der Waals surface area contributed by atoms with Gasteiger partial charge in [-0.2, -0.15) is 5.10 Å². The van der Waals surface area contributed by atoms with E-state index in [1.165, 1.54) is 12.1 Å². The number of hydrogen-bond acceptors (Lipinski definition) is 2. The molecule has 0 spiro atoms. The summed E-state index contributed by atoms with van der Waals surface area (Å²) >= 11 is 0. The van der Waals surface area contributed by atoms with Gasteiger partial charge < -0.3 is 5.11 Å². The molecule has 2 N–H and O–H groups in total. The van der Waals surface area contributed by atoms with Crippen LogP contribution in [0.15, 0.2) is 30.5 Å². The summed E-state index contributed by atoms with van der Waals surface area (Å²) in [6.07, 6.45) is 3.32. The lowest BCUT2D eigenvalue weighted by atomic mass is 10.0. The van der Waals surface area contributed by atoms with Crippen molar-refractivity contribution < 1.29 is 9.50 Å². The lowest BCUT2D eigenvalue weighted by Crippen LogP contribution is -2.00. The van der Waals surface area contributed by atoms with Crippen molar-refractivity contribution in [3.63, 3.8) is 0 Å². The molecule has 4 heteroatoms. The molecular formula is C13H13FN2O. The molecule has 2 aromatic rings. The Kier molecular flexibility index (Phi) is 2.44. The molecule has 1 aromatic heterocycles. The second-order valence-corrected chi connectivity index (χ2v) is 4.49. The van der Waals surface area contributed by atoms with Crippen molar-refractivity contribution in [1.82, 2.24) is 10.2 Å². The second-order valence-electron chi connectivity index (χ2n) is 4.49. The minimum Gasteiger partial charge on any atom is -0.388 e. The Morgan fingerprint density at radius 1 is 1.29 bits per heavy atom. The number of nitrogens with one attached hydrogen (secondary N) is 1. The third-order valence-corrected chi connectivity index (χ3v) is 3.19. The van der Waals surface area contributed by atoms with E-state index in [-0.39, 0.29) is 5.82 Å². The molecule has 1 aliphatic rings. The highest BCUT2D eigenvalue weighted by Crippen LogP contribution is 2.42. The van der Waals surface area contributed by atoms with Gasteiger partial charge in [0.1, 0.15) is 5.82 Å². The van der Waals surface area contributed by atoms with Gasteiger partial charge in [0.05, 0.1) is 18.0 Å². The third kappa shape index (κ3) is 1.96. The normalized spacial score (nSPS) is 17.1. The zero-order chi connectivity index (χ0) is 11.8. The number of rotatable bonds is 3. The van der Waals surface area contributed by atoms with Crippen molar-refractivity contribution >= 4 is 0 Å².